The number of aliphatic imine (C=N–C) groups is 1. The second-order valence-corrected chi connectivity index (χ2v) is 4.97. The zero-order valence-electron chi connectivity index (χ0n) is 10.9. The fraction of sp³-hybridized carbons (Fsp3) is 0.500. The number of nitrogens with zero attached hydrogens (tertiary/aromatic N) is 2. The topological polar surface area (TPSA) is 41.6 Å². The molecule has 2 rings (SSSR count). The molecule has 1 aliphatic heterocycles. The number of nitrogens with two attached hydrogens (primary N) is 1. The van der Waals surface area contributed by atoms with Gasteiger partial charge in [-0.2, -0.15) is 0 Å². The number of aryl methyl sites for hydroxylation is 1. The smallest absolute Gasteiger partial charge is 0.192 e. The highest BCUT2D eigenvalue weighted by Gasteiger charge is 2.38. The second kappa shape index (κ2) is 4.40. The molecule has 1 aromatic carbocycles. The molecule has 0 amide bonds. The maximum absolute atomic E-state index is 5.98. The Morgan fingerprint density at radius 1 is 1.35 bits per heavy atom. The van der Waals surface area contributed by atoms with Gasteiger partial charge < -0.3 is 10.6 Å². The van der Waals surface area contributed by atoms with E-state index in [2.05, 4.69) is 54.9 Å². The Hall–Kier alpha value is -1.51. The van der Waals surface area contributed by atoms with Gasteiger partial charge in [0.05, 0.1) is 12.1 Å². The number of hydrogen-bond donors (Lipinski definition) is 1. The Morgan fingerprint density at radius 3 is 2.59 bits per heavy atom. The largest absolute Gasteiger partial charge is 0.370 e. The van der Waals surface area contributed by atoms with Crippen LogP contribution in [0.1, 0.15) is 31.4 Å². The predicted molar refractivity (Wildman–Crippen MR) is 72.0 cm³/mol. The van der Waals surface area contributed by atoms with E-state index in [0.29, 0.717) is 5.96 Å². The monoisotopic (exact) mass is 231 g/mol. The summed E-state index contributed by atoms with van der Waals surface area (Å²) in [6, 6.07) is 8.68. The molecule has 3 nitrogen and oxygen atoms in total. The van der Waals surface area contributed by atoms with Crippen molar-refractivity contribution in [3.05, 3.63) is 35.4 Å². The van der Waals surface area contributed by atoms with Crippen LogP contribution in [0.5, 0.6) is 0 Å². The minimum Gasteiger partial charge on any atom is -0.370 e. The van der Waals surface area contributed by atoms with Gasteiger partial charge in [0.15, 0.2) is 5.96 Å². The van der Waals surface area contributed by atoms with Gasteiger partial charge in [0.2, 0.25) is 0 Å². The highest BCUT2D eigenvalue weighted by atomic mass is 15.3. The summed E-state index contributed by atoms with van der Waals surface area (Å²) in [6.45, 7) is 8.20. The normalized spacial score (nSPS) is 23.9. The molecule has 1 heterocycles. The SMILES string of the molecule is CCCN1C(N)=NCC1(C)c1ccc(C)cc1. The van der Waals surface area contributed by atoms with Crippen LogP contribution in [-0.4, -0.2) is 23.9 Å². The molecule has 1 aliphatic rings. The van der Waals surface area contributed by atoms with Crippen molar-refractivity contribution < 1.29 is 0 Å². The molecule has 0 aromatic heterocycles. The van der Waals surface area contributed by atoms with Crippen LogP contribution < -0.4 is 5.73 Å². The van der Waals surface area contributed by atoms with Crippen molar-refractivity contribution in [2.75, 3.05) is 13.1 Å². The average molecular weight is 231 g/mol. The second-order valence-electron chi connectivity index (χ2n) is 4.97. The molecule has 17 heavy (non-hydrogen) atoms. The molecule has 0 aliphatic carbocycles. The molecule has 92 valence electrons. The Labute approximate surface area is 103 Å². The number of benzene rings is 1. The molecule has 1 unspecified atom stereocenters. The molecular formula is C14H21N3. The lowest BCUT2D eigenvalue weighted by Gasteiger charge is -2.36. The average Bonchev–Trinajstić information content (AvgIpc) is 2.60. The van der Waals surface area contributed by atoms with E-state index in [4.69, 9.17) is 5.73 Å². The summed E-state index contributed by atoms with van der Waals surface area (Å²) in [5, 5.41) is 0. The summed E-state index contributed by atoms with van der Waals surface area (Å²) in [6.07, 6.45) is 1.08. The van der Waals surface area contributed by atoms with E-state index in [1.165, 1.54) is 11.1 Å². The van der Waals surface area contributed by atoms with E-state index >= 15 is 0 Å². The van der Waals surface area contributed by atoms with Crippen molar-refractivity contribution in [3.63, 3.8) is 0 Å². The highest BCUT2D eigenvalue weighted by molar-refractivity contribution is 5.81. The van der Waals surface area contributed by atoms with Crippen molar-refractivity contribution in [2.24, 2.45) is 10.7 Å². The number of hydrogen-bond acceptors (Lipinski definition) is 3. The molecule has 0 bridgehead atoms. The Bertz CT molecular complexity index is 422. The fourth-order valence-corrected chi connectivity index (χ4v) is 2.40. The fourth-order valence-electron chi connectivity index (χ4n) is 2.40. The van der Waals surface area contributed by atoms with Gasteiger partial charge in [-0.05, 0) is 25.8 Å². The Morgan fingerprint density at radius 2 is 2.00 bits per heavy atom. The first-order chi connectivity index (χ1) is 8.08. The zero-order chi connectivity index (χ0) is 12.5. The van der Waals surface area contributed by atoms with E-state index in [-0.39, 0.29) is 5.54 Å². The van der Waals surface area contributed by atoms with Crippen LogP contribution in [0.25, 0.3) is 0 Å². The maximum Gasteiger partial charge on any atom is 0.192 e. The van der Waals surface area contributed by atoms with E-state index in [1.54, 1.807) is 0 Å². The van der Waals surface area contributed by atoms with Crippen LogP contribution in [0.3, 0.4) is 0 Å². The zero-order valence-corrected chi connectivity index (χ0v) is 10.9. The Kier molecular flexibility index (Phi) is 3.09. The number of guanidine groups is 1. The van der Waals surface area contributed by atoms with Crippen LogP contribution in [0.4, 0.5) is 0 Å². The van der Waals surface area contributed by atoms with Crippen LogP contribution in [0.15, 0.2) is 29.3 Å². The standard InChI is InChI=1S/C14H21N3/c1-4-9-17-13(15)16-10-14(17,3)12-7-5-11(2)6-8-12/h5-8H,4,9-10H2,1-3H3,(H2,15,16). The molecule has 0 spiro atoms. The van der Waals surface area contributed by atoms with Crippen LogP contribution in [-0.2, 0) is 5.54 Å². The van der Waals surface area contributed by atoms with Crippen LogP contribution >= 0.6 is 0 Å². The lowest BCUT2D eigenvalue weighted by molar-refractivity contribution is 0.225. The molecule has 0 radical (unpaired) electrons. The summed E-state index contributed by atoms with van der Waals surface area (Å²) in [5.74, 6) is 0.676. The van der Waals surface area contributed by atoms with E-state index < -0.39 is 0 Å². The minimum atomic E-state index is -0.0756. The summed E-state index contributed by atoms with van der Waals surface area (Å²) < 4.78 is 0. The van der Waals surface area contributed by atoms with Gasteiger partial charge in [-0.1, -0.05) is 36.8 Å². The molecule has 0 fully saturated rings. The molecule has 2 N–H and O–H groups in total. The summed E-state index contributed by atoms with van der Waals surface area (Å²) in [7, 11) is 0. The molecule has 1 aromatic rings. The Balaban J connectivity index is 2.32. The predicted octanol–water partition coefficient (Wildman–Crippen LogP) is 2.25. The lowest BCUT2D eigenvalue weighted by atomic mass is 9.90. The maximum atomic E-state index is 5.98. The van der Waals surface area contributed by atoms with Gasteiger partial charge in [0.25, 0.3) is 0 Å². The third-order valence-electron chi connectivity index (χ3n) is 3.54. The lowest BCUT2D eigenvalue weighted by Crippen LogP contribution is -2.47. The van der Waals surface area contributed by atoms with E-state index in [0.717, 1.165) is 19.5 Å². The molecule has 0 saturated heterocycles. The minimum absolute atomic E-state index is 0.0756. The molecular weight excluding hydrogens is 210 g/mol. The van der Waals surface area contributed by atoms with Gasteiger partial charge in [0.1, 0.15) is 0 Å². The molecule has 3 heteroatoms. The van der Waals surface area contributed by atoms with E-state index in [1.807, 2.05) is 0 Å². The summed E-state index contributed by atoms with van der Waals surface area (Å²) >= 11 is 0. The molecule has 0 saturated carbocycles. The third-order valence-corrected chi connectivity index (χ3v) is 3.54. The van der Waals surface area contributed by atoms with Crippen molar-refractivity contribution in [1.29, 1.82) is 0 Å². The first-order valence-electron chi connectivity index (χ1n) is 6.22. The van der Waals surface area contributed by atoms with Crippen molar-refractivity contribution in [2.45, 2.75) is 32.7 Å². The van der Waals surface area contributed by atoms with Gasteiger partial charge >= 0.3 is 0 Å². The third kappa shape index (κ3) is 2.02. The van der Waals surface area contributed by atoms with Crippen molar-refractivity contribution in [3.8, 4) is 0 Å². The van der Waals surface area contributed by atoms with Gasteiger partial charge in [-0.3, -0.25) is 4.99 Å². The van der Waals surface area contributed by atoms with Crippen molar-refractivity contribution >= 4 is 5.96 Å². The van der Waals surface area contributed by atoms with Gasteiger partial charge in [0, 0.05) is 6.54 Å². The molecule has 1 atom stereocenters. The van der Waals surface area contributed by atoms with Gasteiger partial charge in [-0.25, -0.2) is 0 Å². The first-order valence-corrected chi connectivity index (χ1v) is 6.22. The summed E-state index contributed by atoms with van der Waals surface area (Å²) in [4.78, 5) is 6.63. The van der Waals surface area contributed by atoms with Crippen LogP contribution in [0, 0.1) is 6.92 Å². The van der Waals surface area contributed by atoms with Crippen molar-refractivity contribution in [1.82, 2.24) is 4.90 Å². The first kappa shape index (κ1) is 12.0. The van der Waals surface area contributed by atoms with Crippen LogP contribution in [0.2, 0.25) is 0 Å². The highest BCUT2D eigenvalue weighted by Crippen LogP contribution is 2.32. The number of rotatable bonds is 3. The summed E-state index contributed by atoms with van der Waals surface area (Å²) in [5.41, 5.74) is 8.48. The van der Waals surface area contributed by atoms with Gasteiger partial charge in [-0.15, -0.1) is 0 Å². The van der Waals surface area contributed by atoms with E-state index in [9.17, 15) is 0 Å². The quantitative estimate of drug-likeness (QED) is 0.867.